The third-order valence-electron chi connectivity index (χ3n) is 9.05. The fraction of sp³-hybridized carbons (Fsp3) is 0.154. The van der Waals surface area contributed by atoms with Gasteiger partial charge in [0.1, 0.15) is 5.82 Å². The molecule has 0 aliphatic heterocycles. The Bertz CT molecular complexity index is 2050. The summed E-state index contributed by atoms with van der Waals surface area (Å²) in [6.45, 7) is 15.8. The van der Waals surface area contributed by atoms with Crippen LogP contribution in [0.15, 0.2) is 115 Å². The molecule has 41 heavy (non-hydrogen) atoms. The number of aliphatic imine (C=N–C) groups is 1. The van der Waals surface area contributed by atoms with Gasteiger partial charge in [-0.25, -0.2) is 4.99 Å². The molecule has 0 radical (unpaired) electrons. The monoisotopic (exact) mass is 530 g/mol. The lowest BCUT2D eigenvalue weighted by Gasteiger charge is -2.22. The molecular weight excluding hydrogens is 496 g/mol. The number of aromatic nitrogens is 1. The van der Waals surface area contributed by atoms with Gasteiger partial charge in [-0.3, -0.25) is 4.57 Å². The fourth-order valence-electron chi connectivity index (χ4n) is 7.05. The smallest absolute Gasteiger partial charge is 0.130 e. The number of rotatable bonds is 4. The highest BCUT2D eigenvalue weighted by molar-refractivity contribution is 6.17. The van der Waals surface area contributed by atoms with Crippen molar-refractivity contribution in [3.63, 3.8) is 0 Å². The first kappa shape index (κ1) is 25.3. The maximum Gasteiger partial charge on any atom is 0.130 e. The normalized spacial score (nSPS) is 13.9. The van der Waals surface area contributed by atoms with E-state index in [0.29, 0.717) is 0 Å². The van der Waals surface area contributed by atoms with Crippen LogP contribution in [-0.2, 0) is 5.41 Å². The number of benzene rings is 5. The van der Waals surface area contributed by atoms with Crippen LogP contribution >= 0.6 is 0 Å². The third kappa shape index (κ3) is 3.67. The Morgan fingerprint density at radius 3 is 2.12 bits per heavy atom. The molecule has 1 aliphatic carbocycles. The molecule has 1 heterocycles. The van der Waals surface area contributed by atoms with Crippen LogP contribution in [0.3, 0.4) is 0 Å². The van der Waals surface area contributed by atoms with Gasteiger partial charge in [-0.1, -0.05) is 117 Å². The Morgan fingerprint density at radius 2 is 1.37 bits per heavy atom. The summed E-state index contributed by atoms with van der Waals surface area (Å²) in [5, 5.41) is 2.55. The molecule has 7 rings (SSSR count). The standard InChI is InChI=1S/C39H34N2/c1-24-14-10-11-17-29(24)30-20-21-33-36-35(23-22-32-31-18-12-13-19-34(31)39(5,6)37(32)36)41(38(33)25(30)2)27(4)40-26(3)28-15-8-7-9-16-28/h7-23H,4H2,1-3,5-6H3/b40-26+. The fourth-order valence-corrected chi connectivity index (χ4v) is 7.05. The van der Waals surface area contributed by atoms with Gasteiger partial charge in [0.25, 0.3) is 0 Å². The van der Waals surface area contributed by atoms with Gasteiger partial charge in [0, 0.05) is 21.9 Å². The molecule has 1 aliphatic rings. The Balaban J connectivity index is 1.58. The summed E-state index contributed by atoms with van der Waals surface area (Å²) in [4.78, 5) is 5.11. The second kappa shape index (κ2) is 9.17. The Kier molecular flexibility index (Phi) is 5.66. The van der Waals surface area contributed by atoms with Gasteiger partial charge in [0.15, 0.2) is 0 Å². The van der Waals surface area contributed by atoms with E-state index in [1.165, 1.54) is 60.8 Å². The number of hydrogen-bond acceptors (Lipinski definition) is 1. The van der Waals surface area contributed by atoms with Crippen LogP contribution in [0.2, 0.25) is 0 Å². The molecule has 200 valence electrons. The second-order valence-corrected chi connectivity index (χ2v) is 11.8. The van der Waals surface area contributed by atoms with Crippen LogP contribution in [0, 0.1) is 13.8 Å². The largest absolute Gasteiger partial charge is 0.294 e. The highest BCUT2D eigenvalue weighted by atomic mass is 15.1. The average molecular weight is 531 g/mol. The van der Waals surface area contributed by atoms with Crippen LogP contribution in [0.5, 0.6) is 0 Å². The molecule has 0 amide bonds. The minimum absolute atomic E-state index is 0.127. The molecule has 1 aromatic heterocycles. The number of aryl methyl sites for hydroxylation is 2. The lowest BCUT2D eigenvalue weighted by Crippen LogP contribution is -2.15. The zero-order valence-corrected chi connectivity index (χ0v) is 24.4. The average Bonchev–Trinajstić information content (AvgIpc) is 3.44. The Hall–Kier alpha value is -4.69. The van der Waals surface area contributed by atoms with Gasteiger partial charge in [-0.2, -0.15) is 0 Å². The molecule has 0 bridgehead atoms. The van der Waals surface area contributed by atoms with Gasteiger partial charge in [0.05, 0.1) is 11.0 Å². The van der Waals surface area contributed by atoms with Crippen LogP contribution < -0.4 is 0 Å². The zero-order valence-electron chi connectivity index (χ0n) is 24.4. The van der Waals surface area contributed by atoms with Crippen molar-refractivity contribution in [1.82, 2.24) is 4.57 Å². The van der Waals surface area contributed by atoms with Crippen molar-refractivity contribution >= 4 is 33.3 Å². The van der Waals surface area contributed by atoms with Crippen molar-refractivity contribution in [2.75, 3.05) is 0 Å². The Morgan fingerprint density at radius 1 is 0.707 bits per heavy atom. The predicted octanol–water partition coefficient (Wildman–Crippen LogP) is 10.3. The van der Waals surface area contributed by atoms with Crippen molar-refractivity contribution in [1.29, 1.82) is 0 Å². The molecular formula is C39H34N2. The second-order valence-electron chi connectivity index (χ2n) is 11.8. The topological polar surface area (TPSA) is 17.3 Å². The first-order valence-electron chi connectivity index (χ1n) is 14.4. The molecule has 0 fully saturated rings. The molecule has 6 aromatic rings. The third-order valence-corrected chi connectivity index (χ3v) is 9.05. The summed E-state index contributed by atoms with van der Waals surface area (Å²) in [6.07, 6.45) is 0. The summed E-state index contributed by atoms with van der Waals surface area (Å²) >= 11 is 0. The van der Waals surface area contributed by atoms with E-state index < -0.39 is 0 Å². The van der Waals surface area contributed by atoms with Crippen molar-refractivity contribution in [2.24, 2.45) is 4.99 Å². The van der Waals surface area contributed by atoms with Crippen LogP contribution in [-0.4, -0.2) is 10.3 Å². The molecule has 2 heteroatoms. The predicted molar refractivity (Wildman–Crippen MR) is 176 cm³/mol. The van der Waals surface area contributed by atoms with Gasteiger partial charge in [0.2, 0.25) is 0 Å². The lowest BCUT2D eigenvalue weighted by atomic mass is 9.80. The minimum Gasteiger partial charge on any atom is -0.294 e. The van der Waals surface area contributed by atoms with Crippen LogP contribution in [0.1, 0.15) is 48.6 Å². The number of fused-ring (bicyclic) bond motifs is 7. The SMILES string of the molecule is C=C(/N=C(\C)c1ccccc1)n1c2ccc3c(c2c2ccc(-c4ccccc4C)c(C)c21)C(C)(C)c1ccccc1-3. The van der Waals surface area contributed by atoms with Crippen molar-refractivity contribution in [3.8, 4) is 22.3 Å². The first-order chi connectivity index (χ1) is 19.8. The van der Waals surface area contributed by atoms with E-state index in [9.17, 15) is 0 Å². The summed E-state index contributed by atoms with van der Waals surface area (Å²) in [5.41, 5.74) is 14.7. The number of nitrogens with zero attached hydrogens (tertiary/aromatic N) is 2. The highest BCUT2D eigenvalue weighted by Crippen LogP contribution is 2.53. The van der Waals surface area contributed by atoms with Crippen molar-refractivity contribution in [2.45, 2.75) is 40.0 Å². The summed E-state index contributed by atoms with van der Waals surface area (Å²) < 4.78 is 2.30. The summed E-state index contributed by atoms with van der Waals surface area (Å²) in [5.74, 6) is 0.727. The van der Waals surface area contributed by atoms with E-state index in [0.717, 1.165) is 22.6 Å². The molecule has 0 N–H and O–H groups in total. The molecule has 2 nitrogen and oxygen atoms in total. The zero-order chi connectivity index (χ0) is 28.5. The van der Waals surface area contributed by atoms with E-state index in [1.807, 2.05) is 6.07 Å². The van der Waals surface area contributed by atoms with Gasteiger partial charge in [-0.05, 0) is 76.9 Å². The quantitative estimate of drug-likeness (QED) is 0.202. The molecule has 0 unspecified atom stereocenters. The molecule has 0 saturated heterocycles. The van der Waals surface area contributed by atoms with Gasteiger partial charge < -0.3 is 0 Å². The maximum atomic E-state index is 5.11. The van der Waals surface area contributed by atoms with Crippen LogP contribution in [0.4, 0.5) is 0 Å². The van der Waals surface area contributed by atoms with E-state index in [4.69, 9.17) is 4.99 Å². The maximum absolute atomic E-state index is 5.11. The van der Waals surface area contributed by atoms with E-state index in [-0.39, 0.29) is 5.41 Å². The van der Waals surface area contributed by atoms with Crippen molar-refractivity contribution in [3.05, 3.63) is 138 Å². The van der Waals surface area contributed by atoms with E-state index in [1.54, 1.807) is 0 Å². The minimum atomic E-state index is -0.127. The molecule has 0 atom stereocenters. The summed E-state index contributed by atoms with van der Waals surface area (Å²) in [7, 11) is 0. The molecule has 0 saturated carbocycles. The van der Waals surface area contributed by atoms with E-state index in [2.05, 4.69) is 143 Å². The van der Waals surface area contributed by atoms with Crippen molar-refractivity contribution < 1.29 is 0 Å². The van der Waals surface area contributed by atoms with Gasteiger partial charge >= 0.3 is 0 Å². The first-order valence-corrected chi connectivity index (χ1v) is 14.4. The molecule has 0 spiro atoms. The Labute approximate surface area is 242 Å². The lowest BCUT2D eigenvalue weighted by molar-refractivity contribution is 0.666. The summed E-state index contributed by atoms with van der Waals surface area (Å²) in [6, 6.07) is 37.1. The number of hydrogen-bond donors (Lipinski definition) is 0. The van der Waals surface area contributed by atoms with Crippen LogP contribution in [0.25, 0.3) is 49.9 Å². The highest BCUT2D eigenvalue weighted by Gasteiger charge is 2.38. The van der Waals surface area contributed by atoms with Gasteiger partial charge in [-0.15, -0.1) is 0 Å². The van der Waals surface area contributed by atoms with E-state index >= 15 is 0 Å². The molecule has 5 aromatic carbocycles.